The topological polar surface area (TPSA) is 111 Å². The van der Waals surface area contributed by atoms with E-state index in [0.717, 1.165) is 0 Å². The zero-order valence-corrected chi connectivity index (χ0v) is 10.7. The number of hydrogen-bond acceptors (Lipinski definition) is 6. The molecule has 0 unspecified atom stereocenters. The Morgan fingerprint density at radius 2 is 2.11 bits per heavy atom. The Bertz CT molecular complexity index is 399. The van der Waals surface area contributed by atoms with Gasteiger partial charge in [0.15, 0.2) is 0 Å². The van der Waals surface area contributed by atoms with E-state index in [1.54, 1.807) is 0 Å². The summed E-state index contributed by atoms with van der Waals surface area (Å²) in [5, 5.41) is 3.44. The van der Waals surface area contributed by atoms with E-state index in [2.05, 4.69) is 10.0 Å². The van der Waals surface area contributed by atoms with Crippen molar-refractivity contribution in [2.75, 3.05) is 13.2 Å². The van der Waals surface area contributed by atoms with Gasteiger partial charge in [-0.2, -0.15) is 0 Å². The van der Waals surface area contributed by atoms with Crippen molar-refractivity contribution in [3.05, 3.63) is 10.4 Å². The Balaban J connectivity index is 2.76. The van der Waals surface area contributed by atoms with Crippen molar-refractivity contribution in [3.8, 4) is 0 Å². The lowest BCUT2D eigenvalue weighted by atomic mass is 9.87. The Morgan fingerprint density at radius 3 is 2.63 bits per heavy atom. The number of azide groups is 1. The third-order valence-corrected chi connectivity index (χ3v) is 2.66. The molecule has 0 saturated carbocycles. The second kappa shape index (κ2) is 7.01. The molecule has 1 saturated heterocycles. The van der Waals surface area contributed by atoms with E-state index >= 15 is 0 Å². The van der Waals surface area contributed by atoms with Gasteiger partial charge >= 0.3 is 11.9 Å². The standard InChI is InChI=1S/C10H14BN3O5/c1-5(15)17-4-8-7(3-13-14-12)9(10(11)19-8)18-6(2)16/h7-10H,3-4H2,1-2H3/t7-,8-,9-,10-/m1/s1. The highest BCUT2D eigenvalue weighted by molar-refractivity contribution is 6.11. The summed E-state index contributed by atoms with van der Waals surface area (Å²) in [4.78, 5) is 24.4. The van der Waals surface area contributed by atoms with Crippen LogP contribution in [0.4, 0.5) is 0 Å². The maximum absolute atomic E-state index is 11.0. The van der Waals surface area contributed by atoms with Crippen LogP contribution in [0.5, 0.6) is 0 Å². The van der Waals surface area contributed by atoms with Crippen LogP contribution in [0.1, 0.15) is 13.8 Å². The number of carbonyl (C=O) groups excluding carboxylic acids is 2. The molecule has 0 bridgehead atoms. The minimum Gasteiger partial charge on any atom is -0.463 e. The predicted octanol–water partition coefficient (Wildman–Crippen LogP) is 0.301. The van der Waals surface area contributed by atoms with Crippen LogP contribution in [0.15, 0.2) is 5.11 Å². The van der Waals surface area contributed by atoms with Crippen molar-refractivity contribution in [3.63, 3.8) is 0 Å². The van der Waals surface area contributed by atoms with Gasteiger partial charge in [0.25, 0.3) is 0 Å². The summed E-state index contributed by atoms with van der Waals surface area (Å²) >= 11 is 0. The molecule has 0 aromatic carbocycles. The molecule has 2 radical (unpaired) electrons. The van der Waals surface area contributed by atoms with Gasteiger partial charge in [0.1, 0.15) is 20.6 Å². The molecular formula is C10H14BN3O5. The van der Waals surface area contributed by atoms with E-state index in [0.29, 0.717) is 0 Å². The van der Waals surface area contributed by atoms with Gasteiger partial charge in [-0.05, 0) is 5.53 Å². The zero-order valence-electron chi connectivity index (χ0n) is 10.7. The highest BCUT2D eigenvalue weighted by Crippen LogP contribution is 2.29. The number of nitrogens with zero attached hydrogens (tertiary/aromatic N) is 3. The third kappa shape index (κ3) is 4.46. The van der Waals surface area contributed by atoms with Gasteiger partial charge in [0, 0.05) is 31.2 Å². The van der Waals surface area contributed by atoms with E-state index in [1.165, 1.54) is 13.8 Å². The van der Waals surface area contributed by atoms with Crippen LogP contribution in [0.3, 0.4) is 0 Å². The van der Waals surface area contributed by atoms with E-state index in [1.807, 2.05) is 0 Å². The van der Waals surface area contributed by atoms with Crippen molar-refractivity contribution >= 4 is 19.8 Å². The molecule has 0 N–H and O–H groups in total. The van der Waals surface area contributed by atoms with Gasteiger partial charge in [-0.1, -0.05) is 5.11 Å². The Morgan fingerprint density at radius 1 is 1.42 bits per heavy atom. The molecule has 0 amide bonds. The van der Waals surface area contributed by atoms with Crippen molar-refractivity contribution in [1.29, 1.82) is 0 Å². The average Bonchev–Trinajstić information content (AvgIpc) is 2.60. The van der Waals surface area contributed by atoms with Crippen molar-refractivity contribution < 1.29 is 23.8 Å². The highest BCUT2D eigenvalue weighted by Gasteiger charge is 2.44. The fourth-order valence-electron chi connectivity index (χ4n) is 1.90. The van der Waals surface area contributed by atoms with Crippen molar-refractivity contribution in [2.24, 2.45) is 11.0 Å². The summed E-state index contributed by atoms with van der Waals surface area (Å²) in [6.45, 7) is 2.51. The Kier molecular flexibility index (Phi) is 5.66. The molecule has 8 nitrogen and oxygen atoms in total. The molecule has 19 heavy (non-hydrogen) atoms. The summed E-state index contributed by atoms with van der Waals surface area (Å²) in [6, 6.07) is -0.844. The minimum absolute atomic E-state index is 0.0353. The molecular weight excluding hydrogens is 253 g/mol. The molecule has 4 atom stereocenters. The Hall–Kier alpha value is -1.73. The van der Waals surface area contributed by atoms with Crippen LogP contribution >= 0.6 is 0 Å². The molecule has 1 aliphatic heterocycles. The predicted molar refractivity (Wildman–Crippen MR) is 64.1 cm³/mol. The first-order chi connectivity index (χ1) is 8.95. The SMILES string of the molecule is [B][C@@H]1O[C@H](COC(C)=O)[C@@H](CN=[N+]=[N-])[C@H]1OC(C)=O. The fourth-order valence-corrected chi connectivity index (χ4v) is 1.90. The smallest absolute Gasteiger partial charge is 0.302 e. The van der Waals surface area contributed by atoms with Gasteiger partial charge in [-0.3, -0.25) is 9.59 Å². The van der Waals surface area contributed by atoms with Crippen molar-refractivity contribution in [2.45, 2.75) is 32.1 Å². The van der Waals surface area contributed by atoms with Crippen LogP contribution in [-0.4, -0.2) is 51.1 Å². The molecule has 1 fully saturated rings. The lowest BCUT2D eigenvalue weighted by Crippen LogP contribution is -2.35. The van der Waals surface area contributed by atoms with E-state index in [9.17, 15) is 9.59 Å². The first-order valence-electron chi connectivity index (χ1n) is 5.68. The van der Waals surface area contributed by atoms with Crippen LogP contribution in [0.2, 0.25) is 0 Å². The van der Waals surface area contributed by atoms with Gasteiger partial charge < -0.3 is 14.2 Å². The summed E-state index contributed by atoms with van der Waals surface area (Å²) < 4.78 is 15.3. The van der Waals surface area contributed by atoms with Crippen molar-refractivity contribution in [1.82, 2.24) is 0 Å². The number of rotatable bonds is 5. The first-order valence-corrected chi connectivity index (χ1v) is 5.68. The summed E-state index contributed by atoms with van der Waals surface area (Å²) in [6.07, 6.45) is -1.31. The second-order valence-electron chi connectivity index (χ2n) is 4.09. The highest BCUT2D eigenvalue weighted by atomic mass is 16.6. The first kappa shape index (κ1) is 15.3. The lowest BCUT2D eigenvalue weighted by Gasteiger charge is -2.21. The van der Waals surface area contributed by atoms with Crippen LogP contribution in [0, 0.1) is 5.92 Å². The third-order valence-electron chi connectivity index (χ3n) is 2.66. The average molecular weight is 267 g/mol. The number of ether oxygens (including phenoxy) is 3. The van der Waals surface area contributed by atoms with E-state index in [-0.39, 0.29) is 13.2 Å². The fraction of sp³-hybridized carbons (Fsp3) is 0.800. The van der Waals surface area contributed by atoms with Gasteiger partial charge in [0.2, 0.25) is 0 Å². The molecule has 1 rings (SSSR count). The molecule has 0 aliphatic carbocycles. The minimum atomic E-state index is -0.844. The van der Waals surface area contributed by atoms with Crippen LogP contribution < -0.4 is 0 Å². The largest absolute Gasteiger partial charge is 0.463 e. The molecule has 0 aromatic rings. The molecule has 102 valence electrons. The number of hydrogen-bond donors (Lipinski definition) is 0. The maximum atomic E-state index is 11.0. The monoisotopic (exact) mass is 267 g/mol. The van der Waals surface area contributed by atoms with Gasteiger partial charge in [-0.25, -0.2) is 0 Å². The number of carbonyl (C=O) groups is 2. The van der Waals surface area contributed by atoms with E-state index in [4.69, 9.17) is 27.6 Å². The van der Waals surface area contributed by atoms with Crippen LogP contribution in [-0.2, 0) is 23.8 Å². The summed E-state index contributed by atoms with van der Waals surface area (Å²) in [7, 11) is 5.71. The van der Waals surface area contributed by atoms with Crippen LogP contribution in [0.25, 0.3) is 10.4 Å². The normalized spacial score (nSPS) is 29.4. The maximum Gasteiger partial charge on any atom is 0.302 e. The van der Waals surface area contributed by atoms with Gasteiger partial charge in [0.05, 0.1) is 12.1 Å². The molecule has 0 spiro atoms. The quantitative estimate of drug-likeness (QED) is 0.234. The molecule has 9 heteroatoms. The van der Waals surface area contributed by atoms with Gasteiger partial charge in [-0.15, -0.1) is 0 Å². The van der Waals surface area contributed by atoms with E-state index < -0.39 is 36.1 Å². The molecule has 1 heterocycles. The summed E-state index contributed by atoms with van der Waals surface area (Å²) in [5.74, 6) is -1.42. The lowest BCUT2D eigenvalue weighted by molar-refractivity contribution is -0.149. The molecule has 1 aliphatic rings. The molecule has 0 aromatic heterocycles. The zero-order chi connectivity index (χ0) is 14.4. The Labute approximate surface area is 111 Å². The number of esters is 2. The second-order valence-corrected chi connectivity index (χ2v) is 4.09. The summed E-state index contributed by atoms with van der Waals surface area (Å²) in [5.41, 5.74) is 8.36.